The summed E-state index contributed by atoms with van der Waals surface area (Å²) in [7, 11) is -3.47. The number of aryl methyl sites for hydroxylation is 1. The van der Waals surface area contributed by atoms with E-state index in [1.807, 2.05) is 0 Å². The minimum absolute atomic E-state index is 0.267. The molecule has 0 spiro atoms. The summed E-state index contributed by atoms with van der Waals surface area (Å²) < 4.78 is 27.1. The van der Waals surface area contributed by atoms with Crippen LogP contribution in [0.4, 0.5) is 5.69 Å². The Balaban J connectivity index is 2.29. The third kappa shape index (κ3) is 2.69. The zero-order valence-corrected chi connectivity index (χ0v) is 13.3. The van der Waals surface area contributed by atoms with Crippen molar-refractivity contribution in [2.75, 3.05) is 18.8 Å². The molecule has 1 heterocycles. The Morgan fingerprint density at radius 1 is 1.30 bits per heavy atom. The van der Waals surface area contributed by atoms with Crippen LogP contribution in [0.15, 0.2) is 23.1 Å². The summed E-state index contributed by atoms with van der Waals surface area (Å²) in [5.74, 6) is 0. The van der Waals surface area contributed by atoms with Gasteiger partial charge in [0.1, 0.15) is 4.90 Å². The largest absolute Gasteiger partial charge is 0.398 e. The number of benzene rings is 1. The van der Waals surface area contributed by atoms with Crippen molar-refractivity contribution in [1.29, 1.82) is 0 Å². The van der Waals surface area contributed by atoms with Gasteiger partial charge < -0.3 is 5.73 Å². The second-order valence-corrected chi connectivity index (χ2v) is 7.94. The van der Waals surface area contributed by atoms with E-state index in [9.17, 15) is 8.42 Å². The van der Waals surface area contributed by atoms with Gasteiger partial charge in [0.05, 0.1) is 5.69 Å². The standard InChI is InChI=1S/C15H24N2O2S/c1-4-15(3)8-10-17(11-9-15)20(18,19)14-12(2)6-5-7-13(14)16/h5-7H,4,8-11,16H2,1-3H3. The number of hydrogen-bond donors (Lipinski definition) is 1. The molecule has 0 amide bonds. The summed E-state index contributed by atoms with van der Waals surface area (Å²) in [5.41, 5.74) is 7.21. The molecular weight excluding hydrogens is 272 g/mol. The zero-order valence-electron chi connectivity index (χ0n) is 12.5. The summed E-state index contributed by atoms with van der Waals surface area (Å²) in [4.78, 5) is 0.278. The van der Waals surface area contributed by atoms with Crippen molar-refractivity contribution in [2.45, 2.75) is 44.9 Å². The molecule has 0 saturated carbocycles. The van der Waals surface area contributed by atoms with E-state index in [-0.39, 0.29) is 10.3 Å². The Kier molecular flexibility index (Phi) is 4.12. The molecular formula is C15H24N2O2S. The average Bonchev–Trinajstić information content (AvgIpc) is 2.39. The summed E-state index contributed by atoms with van der Waals surface area (Å²) in [5, 5.41) is 0. The molecule has 1 fully saturated rings. The number of nitrogens with two attached hydrogens (primary N) is 1. The van der Waals surface area contributed by atoms with Gasteiger partial charge in [-0.05, 0) is 36.8 Å². The second-order valence-electron chi connectivity index (χ2n) is 6.06. The van der Waals surface area contributed by atoms with Crippen LogP contribution in [0, 0.1) is 12.3 Å². The van der Waals surface area contributed by atoms with E-state index in [2.05, 4.69) is 13.8 Å². The molecule has 0 atom stereocenters. The first-order valence-electron chi connectivity index (χ1n) is 7.15. The summed E-state index contributed by atoms with van der Waals surface area (Å²) in [6, 6.07) is 5.23. The highest BCUT2D eigenvalue weighted by atomic mass is 32.2. The Labute approximate surface area is 122 Å². The number of piperidine rings is 1. The van der Waals surface area contributed by atoms with Gasteiger partial charge in [0.2, 0.25) is 10.0 Å². The van der Waals surface area contributed by atoms with Gasteiger partial charge in [-0.3, -0.25) is 0 Å². The molecule has 1 saturated heterocycles. The second kappa shape index (κ2) is 5.37. The maximum atomic E-state index is 12.8. The molecule has 1 aliphatic rings. The summed E-state index contributed by atoms with van der Waals surface area (Å²) in [6.07, 6.45) is 2.91. The van der Waals surface area contributed by atoms with Crippen LogP contribution >= 0.6 is 0 Å². The van der Waals surface area contributed by atoms with Crippen molar-refractivity contribution in [1.82, 2.24) is 4.31 Å². The van der Waals surface area contributed by atoms with Crippen molar-refractivity contribution in [3.05, 3.63) is 23.8 Å². The minimum atomic E-state index is -3.47. The van der Waals surface area contributed by atoms with Crippen molar-refractivity contribution in [3.8, 4) is 0 Å². The lowest BCUT2D eigenvalue weighted by Gasteiger charge is -2.38. The SMILES string of the molecule is CCC1(C)CCN(S(=O)(=O)c2c(C)cccc2N)CC1. The molecule has 20 heavy (non-hydrogen) atoms. The van der Waals surface area contributed by atoms with Gasteiger partial charge in [-0.2, -0.15) is 4.31 Å². The fraction of sp³-hybridized carbons (Fsp3) is 0.600. The van der Waals surface area contributed by atoms with Crippen LogP contribution in [0.2, 0.25) is 0 Å². The molecule has 2 rings (SSSR count). The van der Waals surface area contributed by atoms with Gasteiger partial charge in [0, 0.05) is 13.1 Å². The molecule has 4 nitrogen and oxygen atoms in total. The van der Waals surface area contributed by atoms with E-state index in [0.29, 0.717) is 24.3 Å². The predicted octanol–water partition coefficient (Wildman–Crippen LogP) is 2.78. The molecule has 0 bridgehead atoms. The molecule has 2 N–H and O–H groups in total. The van der Waals surface area contributed by atoms with Crippen molar-refractivity contribution < 1.29 is 8.42 Å². The predicted molar refractivity (Wildman–Crippen MR) is 82.0 cm³/mol. The minimum Gasteiger partial charge on any atom is -0.398 e. The van der Waals surface area contributed by atoms with E-state index in [1.165, 1.54) is 0 Å². The first kappa shape index (κ1) is 15.3. The van der Waals surface area contributed by atoms with Crippen LogP contribution < -0.4 is 5.73 Å². The molecule has 0 unspecified atom stereocenters. The van der Waals surface area contributed by atoms with Crippen molar-refractivity contribution in [2.24, 2.45) is 5.41 Å². The maximum absolute atomic E-state index is 12.8. The Morgan fingerprint density at radius 3 is 2.40 bits per heavy atom. The molecule has 1 aromatic carbocycles. The van der Waals surface area contributed by atoms with E-state index in [4.69, 9.17) is 5.73 Å². The molecule has 1 aromatic rings. The highest BCUT2D eigenvalue weighted by Gasteiger charge is 2.35. The van der Waals surface area contributed by atoms with E-state index in [1.54, 1.807) is 29.4 Å². The third-order valence-corrected chi connectivity index (χ3v) is 6.74. The number of rotatable bonds is 3. The Morgan fingerprint density at radius 2 is 1.90 bits per heavy atom. The third-order valence-electron chi connectivity index (χ3n) is 4.62. The first-order valence-corrected chi connectivity index (χ1v) is 8.59. The highest BCUT2D eigenvalue weighted by Crippen LogP contribution is 2.36. The van der Waals surface area contributed by atoms with Crippen LogP contribution in [-0.2, 0) is 10.0 Å². The van der Waals surface area contributed by atoms with Crippen LogP contribution in [0.3, 0.4) is 0 Å². The number of nitrogens with zero attached hydrogens (tertiary/aromatic N) is 1. The lowest BCUT2D eigenvalue weighted by atomic mass is 9.79. The number of nitrogen functional groups attached to an aromatic ring is 1. The normalized spacial score (nSPS) is 19.9. The fourth-order valence-electron chi connectivity index (χ4n) is 2.78. The smallest absolute Gasteiger partial charge is 0.245 e. The van der Waals surface area contributed by atoms with Crippen molar-refractivity contribution >= 4 is 15.7 Å². The fourth-order valence-corrected chi connectivity index (χ4v) is 4.54. The Hall–Kier alpha value is -1.07. The number of sulfonamides is 1. The monoisotopic (exact) mass is 296 g/mol. The maximum Gasteiger partial charge on any atom is 0.245 e. The number of anilines is 1. The molecule has 0 radical (unpaired) electrons. The topological polar surface area (TPSA) is 63.4 Å². The first-order chi connectivity index (χ1) is 9.30. The molecule has 5 heteroatoms. The molecule has 112 valence electrons. The van der Waals surface area contributed by atoms with Gasteiger partial charge in [-0.25, -0.2) is 8.42 Å². The zero-order chi connectivity index (χ0) is 15.0. The Bertz CT molecular complexity index is 568. The van der Waals surface area contributed by atoms with E-state index < -0.39 is 10.0 Å². The van der Waals surface area contributed by atoms with E-state index in [0.717, 1.165) is 19.3 Å². The average molecular weight is 296 g/mol. The van der Waals surface area contributed by atoms with Crippen LogP contribution in [-0.4, -0.2) is 25.8 Å². The quantitative estimate of drug-likeness (QED) is 0.872. The molecule has 1 aliphatic heterocycles. The highest BCUT2D eigenvalue weighted by molar-refractivity contribution is 7.89. The van der Waals surface area contributed by atoms with Crippen molar-refractivity contribution in [3.63, 3.8) is 0 Å². The van der Waals surface area contributed by atoms with Gasteiger partial charge in [0.25, 0.3) is 0 Å². The summed E-state index contributed by atoms with van der Waals surface area (Å²) in [6.45, 7) is 7.37. The summed E-state index contributed by atoms with van der Waals surface area (Å²) >= 11 is 0. The van der Waals surface area contributed by atoms with Gasteiger partial charge in [0.15, 0.2) is 0 Å². The van der Waals surface area contributed by atoms with Crippen LogP contribution in [0.5, 0.6) is 0 Å². The van der Waals surface area contributed by atoms with Gasteiger partial charge in [-0.15, -0.1) is 0 Å². The molecule has 0 aromatic heterocycles. The molecule has 0 aliphatic carbocycles. The lowest BCUT2D eigenvalue weighted by Crippen LogP contribution is -2.42. The van der Waals surface area contributed by atoms with Gasteiger partial charge in [-0.1, -0.05) is 32.4 Å². The number of hydrogen-bond acceptors (Lipinski definition) is 3. The van der Waals surface area contributed by atoms with Crippen LogP contribution in [0.1, 0.15) is 38.7 Å². The van der Waals surface area contributed by atoms with Crippen LogP contribution in [0.25, 0.3) is 0 Å². The lowest BCUT2D eigenvalue weighted by molar-refractivity contribution is 0.169. The van der Waals surface area contributed by atoms with Gasteiger partial charge >= 0.3 is 0 Å². The van der Waals surface area contributed by atoms with E-state index >= 15 is 0 Å².